The Hall–Kier alpha value is -1.57. The molecule has 1 saturated heterocycles. The van der Waals surface area contributed by atoms with Gasteiger partial charge < -0.3 is 14.4 Å². The molecule has 1 fully saturated rings. The highest BCUT2D eigenvalue weighted by molar-refractivity contribution is 8.13. The first-order chi connectivity index (χ1) is 11.9. The Morgan fingerprint density at radius 2 is 1.77 bits per heavy atom. The fraction of sp³-hybridized carbons (Fsp3) is 0.474. The standard InChI is InChI=1S/C19H25BO5S/c1-12-7-8-16(17(22)23)14(9-12)10-15(11-26-13(2)21)20-24-18(3,4)19(5,6)25-20/h7-10H,11H2,1-6H3,(H,22,23). The SMILES string of the molecule is CC(=O)SCC(=Cc1cc(C)ccc1C(=O)O)B1OC(C)(C)C(C)(C)O1. The van der Waals surface area contributed by atoms with E-state index in [9.17, 15) is 14.7 Å². The highest BCUT2D eigenvalue weighted by Gasteiger charge is 2.52. The van der Waals surface area contributed by atoms with Crippen LogP contribution in [0.2, 0.25) is 0 Å². The van der Waals surface area contributed by atoms with Crippen molar-refractivity contribution in [3.05, 3.63) is 40.4 Å². The van der Waals surface area contributed by atoms with Gasteiger partial charge in [0.15, 0.2) is 5.12 Å². The van der Waals surface area contributed by atoms with E-state index < -0.39 is 24.3 Å². The van der Waals surface area contributed by atoms with E-state index in [1.165, 1.54) is 6.92 Å². The number of thioether (sulfide) groups is 1. The van der Waals surface area contributed by atoms with Gasteiger partial charge in [-0.2, -0.15) is 0 Å². The summed E-state index contributed by atoms with van der Waals surface area (Å²) in [6, 6.07) is 5.16. The van der Waals surface area contributed by atoms with E-state index in [-0.39, 0.29) is 10.7 Å². The number of hydrogen-bond donors (Lipinski definition) is 1. The average molecular weight is 376 g/mol. The second-order valence-corrected chi connectivity index (χ2v) is 8.64. The molecule has 0 spiro atoms. The van der Waals surface area contributed by atoms with Gasteiger partial charge >= 0.3 is 13.1 Å². The van der Waals surface area contributed by atoms with Crippen LogP contribution in [0.3, 0.4) is 0 Å². The first-order valence-electron chi connectivity index (χ1n) is 8.46. The molecule has 1 N–H and O–H groups in total. The maximum absolute atomic E-state index is 11.6. The number of aromatic carboxylic acids is 1. The van der Waals surface area contributed by atoms with Crippen LogP contribution in [0.4, 0.5) is 0 Å². The zero-order valence-electron chi connectivity index (χ0n) is 16.1. The molecule has 5 nitrogen and oxygen atoms in total. The molecule has 1 heterocycles. The molecule has 0 aliphatic carbocycles. The molecule has 0 saturated carbocycles. The quantitative estimate of drug-likeness (QED) is 0.784. The Kier molecular flexibility index (Phi) is 6.05. The number of benzene rings is 1. The van der Waals surface area contributed by atoms with Crippen molar-refractivity contribution in [2.45, 2.75) is 52.7 Å². The lowest BCUT2D eigenvalue weighted by molar-refractivity contribution is -0.109. The van der Waals surface area contributed by atoms with Crippen molar-refractivity contribution in [3.8, 4) is 0 Å². The summed E-state index contributed by atoms with van der Waals surface area (Å²) in [5.41, 5.74) is 1.44. The van der Waals surface area contributed by atoms with Gasteiger partial charge in [0.2, 0.25) is 0 Å². The van der Waals surface area contributed by atoms with E-state index in [4.69, 9.17) is 9.31 Å². The summed E-state index contributed by atoms with van der Waals surface area (Å²) in [5.74, 6) is -0.622. The highest BCUT2D eigenvalue weighted by atomic mass is 32.2. The number of carboxylic acids is 1. The Morgan fingerprint density at radius 3 is 2.27 bits per heavy atom. The zero-order valence-corrected chi connectivity index (χ0v) is 16.9. The van der Waals surface area contributed by atoms with E-state index in [0.717, 1.165) is 22.8 Å². The number of hydrogen-bond acceptors (Lipinski definition) is 5. The molecule has 1 aromatic rings. The lowest BCUT2D eigenvalue weighted by Crippen LogP contribution is -2.41. The largest absolute Gasteiger partial charge is 0.491 e. The van der Waals surface area contributed by atoms with E-state index in [1.807, 2.05) is 40.7 Å². The van der Waals surface area contributed by atoms with Crippen LogP contribution in [-0.4, -0.2) is 40.3 Å². The molecule has 2 rings (SSSR count). The van der Waals surface area contributed by atoms with Crippen molar-refractivity contribution in [1.82, 2.24) is 0 Å². The van der Waals surface area contributed by atoms with Crippen molar-refractivity contribution in [3.63, 3.8) is 0 Å². The molecule has 0 bridgehead atoms. The Labute approximate surface area is 159 Å². The minimum atomic E-state index is -0.997. The third-order valence-corrected chi connectivity index (χ3v) is 5.66. The predicted octanol–water partition coefficient (Wildman–Crippen LogP) is 3.99. The normalized spacial score (nSPS) is 18.8. The molecular weight excluding hydrogens is 351 g/mol. The van der Waals surface area contributed by atoms with Crippen molar-refractivity contribution >= 4 is 36.0 Å². The Balaban J connectivity index is 2.46. The van der Waals surface area contributed by atoms with E-state index in [2.05, 4.69) is 0 Å². The molecule has 1 aliphatic heterocycles. The summed E-state index contributed by atoms with van der Waals surface area (Å²) in [5, 5.41) is 9.45. The molecule has 1 aromatic carbocycles. The smallest absolute Gasteiger partial charge is 0.478 e. The summed E-state index contributed by atoms with van der Waals surface area (Å²) < 4.78 is 12.2. The van der Waals surface area contributed by atoms with Gasteiger partial charge in [0.1, 0.15) is 0 Å². The van der Waals surface area contributed by atoms with Crippen molar-refractivity contribution in [2.75, 3.05) is 5.75 Å². The number of rotatable bonds is 5. The van der Waals surface area contributed by atoms with Crippen LogP contribution in [0.5, 0.6) is 0 Å². The maximum Gasteiger partial charge on any atom is 0.491 e. The summed E-state index contributed by atoms with van der Waals surface area (Å²) in [7, 11) is -0.631. The van der Waals surface area contributed by atoms with Gasteiger partial charge in [-0.1, -0.05) is 35.5 Å². The molecule has 0 aromatic heterocycles. The lowest BCUT2D eigenvalue weighted by atomic mass is 9.78. The molecule has 0 amide bonds. The second-order valence-electron chi connectivity index (χ2n) is 7.48. The summed E-state index contributed by atoms with van der Waals surface area (Å²) in [6.07, 6.45) is 1.77. The van der Waals surface area contributed by atoms with Crippen LogP contribution in [0.1, 0.15) is 56.1 Å². The highest BCUT2D eigenvalue weighted by Crippen LogP contribution is 2.39. The monoisotopic (exact) mass is 376 g/mol. The van der Waals surface area contributed by atoms with Gasteiger partial charge in [-0.15, -0.1) is 0 Å². The molecule has 7 heteroatoms. The molecule has 0 atom stereocenters. The van der Waals surface area contributed by atoms with Crippen molar-refractivity contribution < 1.29 is 24.0 Å². The average Bonchev–Trinajstić information content (AvgIpc) is 2.71. The van der Waals surface area contributed by atoms with Crippen molar-refractivity contribution in [2.24, 2.45) is 0 Å². The van der Waals surface area contributed by atoms with Crippen LogP contribution in [0.15, 0.2) is 23.7 Å². The van der Waals surface area contributed by atoms with Gasteiger partial charge in [-0.25, -0.2) is 4.79 Å². The molecular formula is C19H25BO5S. The Morgan fingerprint density at radius 1 is 1.19 bits per heavy atom. The van der Waals surface area contributed by atoms with Gasteiger partial charge in [-0.3, -0.25) is 4.79 Å². The van der Waals surface area contributed by atoms with Crippen LogP contribution in [-0.2, 0) is 14.1 Å². The molecule has 0 unspecified atom stereocenters. The lowest BCUT2D eigenvalue weighted by Gasteiger charge is -2.32. The third kappa shape index (κ3) is 4.58. The third-order valence-electron chi connectivity index (χ3n) is 4.78. The van der Waals surface area contributed by atoms with E-state index >= 15 is 0 Å². The van der Waals surface area contributed by atoms with Gasteiger partial charge in [0.05, 0.1) is 16.8 Å². The van der Waals surface area contributed by atoms with Gasteiger partial charge in [-0.05, 0) is 51.7 Å². The summed E-state index contributed by atoms with van der Waals surface area (Å²) >= 11 is 1.15. The zero-order chi connectivity index (χ0) is 19.7. The maximum atomic E-state index is 11.6. The van der Waals surface area contributed by atoms with E-state index in [1.54, 1.807) is 18.2 Å². The van der Waals surface area contributed by atoms with E-state index in [0.29, 0.717) is 11.3 Å². The minimum Gasteiger partial charge on any atom is -0.478 e. The predicted molar refractivity (Wildman–Crippen MR) is 105 cm³/mol. The van der Waals surface area contributed by atoms with Crippen LogP contribution in [0.25, 0.3) is 6.08 Å². The Bertz CT molecular complexity index is 738. The van der Waals surface area contributed by atoms with Crippen LogP contribution < -0.4 is 0 Å². The second kappa shape index (κ2) is 7.58. The summed E-state index contributed by atoms with van der Waals surface area (Å²) in [4.78, 5) is 23.0. The fourth-order valence-electron chi connectivity index (χ4n) is 2.55. The topological polar surface area (TPSA) is 72.8 Å². The summed E-state index contributed by atoms with van der Waals surface area (Å²) in [6.45, 7) is 11.2. The fourth-order valence-corrected chi connectivity index (χ4v) is 3.14. The first-order valence-corrected chi connectivity index (χ1v) is 9.45. The molecule has 140 valence electrons. The van der Waals surface area contributed by atoms with Crippen LogP contribution >= 0.6 is 11.8 Å². The molecule has 26 heavy (non-hydrogen) atoms. The molecule has 0 radical (unpaired) electrons. The number of carbonyl (C=O) groups excluding carboxylic acids is 1. The first kappa shape index (κ1) is 20.7. The number of aryl methyl sites for hydroxylation is 1. The van der Waals surface area contributed by atoms with Crippen LogP contribution in [0, 0.1) is 6.92 Å². The number of carbonyl (C=O) groups is 2. The molecule has 1 aliphatic rings. The van der Waals surface area contributed by atoms with Gasteiger partial charge in [0.25, 0.3) is 0 Å². The van der Waals surface area contributed by atoms with Gasteiger partial charge in [0, 0.05) is 12.7 Å². The number of carboxylic acid groups (broad SMARTS) is 1. The van der Waals surface area contributed by atoms with Crippen molar-refractivity contribution in [1.29, 1.82) is 0 Å². The minimum absolute atomic E-state index is 0.0184.